The van der Waals surface area contributed by atoms with E-state index in [2.05, 4.69) is 91.0 Å². The molecule has 1 nitrogen and oxygen atoms in total. The summed E-state index contributed by atoms with van der Waals surface area (Å²) in [6.07, 6.45) is 0. The highest BCUT2D eigenvalue weighted by atomic mass is 16.3. The zero-order valence-electron chi connectivity index (χ0n) is 29.0. The van der Waals surface area contributed by atoms with E-state index in [0.29, 0.717) is 16.7 Å². The molecule has 0 spiro atoms. The maximum absolute atomic E-state index is 8.74. The zero-order chi connectivity index (χ0) is 33.8. The van der Waals surface area contributed by atoms with E-state index in [1.165, 1.54) is 43.4 Å². The summed E-state index contributed by atoms with van der Waals surface area (Å²) in [6, 6.07) is 42.7. The van der Waals surface area contributed by atoms with Gasteiger partial charge in [-0.3, -0.25) is 0 Å². The van der Waals surface area contributed by atoms with Crippen LogP contribution in [-0.4, -0.2) is 0 Å². The van der Waals surface area contributed by atoms with Crippen LogP contribution in [0.5, 0.6) is 0 Å². The van der Waals surface area contributed by atoms with Crippen LogP contribution in [0.2, 0.25) is 0 Å². The summed E-state index contributed by atoms with van der Waals surface area (Å²) < 4.78 is 48.8. The summed E-state index contributed by atoms with van der Waals surface area (Å²) in [5, 5.41) is 11.2. The quantitative estimate of drug-likeness (QED) is 0.191. The molecule has 0 N–H and O–H groups in total. The Kier molecular flexibility index (Phi) is 4.15. The molecule has 0 aliphatic carbocycles. The van der Waals surface area contributed by atoms with Crippen LogP contribution < -0.4 is 0 Å². The van der Waals surface area contributed by atoms with Crippen LogP contribution in [0.15, 0.2) is 162 Å². The summed E-state index contributed by atoms with van der Waals surface area (Å²) in [7, 11) is 0. The van der Waals surface area contributed by atoms with Gasteiger partial charge in [0.2, 0.25) is 0 Å². The van der Waals surface area contributed by atoms with Crippen LogP contribution in [0.25, 0.3) is 98.4 Å². The average Bonchev–Trinajstić information content (AvgIpc) is 3.55. The van der Waals surface area contributed by atoms with Crippen molar-refractivity contribution in [3.8, 4) is 33.4 Å². The molecule has 0 radical (unpaired) electrons. The maximum atomic E-state index is 8.74. The summed E-state index contributed by atoms with van der Waals surface area (Å²) in [5.74, 6) is 0. The number of fused-ring (bicyclic) bond motifs is 4. The maximum Gasteiger partial charge on any atom is 0.143 e. The third-order valence-corrected chi connectivity index (χ3v) is 9.33. The van der Waals surface area contributed by atoms with Gasteiger partial charge in [0.25, 0.3) is 0 Å². The fraction of sp³-hybridized carbons (Fsp3) is 0. The SMILES string of the molecule is [2H]c1c([2H])c([2H])c(-c2ccc(-c3ccc4ccc5c(-c6cccc7ccccc67)ccc6ccc3c4c65)c3c2oc2ccccc23)c([2H])c1[2H]. The Bertz CT molecular complexity index is 3010. The van der Waals surface area contributed by atoms with Gasteiger partial charge in [0.15, 0.2) is 0 Å². The number of para-hydroxylation sites is 1. The predicted octanol–water partition coefficient (Wildman–Crippen LogP) is 12.6. The first kappa shape index (κ1) is 20.1. The minimum Gasteiger partial charge on any atom is -0.455 e. The first-order chi connectivity index (χ1) is 24.4. The number of furan rings is 1. The van der Waals surface area contributed by atoms with Gasteiger partial charge in [0.1, 0.15) is 11.2 Å². The van der Waals surface area contributed by atoms with Crippen molar-refractivity contribution in [2.75, 3.05) is 0 Å². The molecular weight excluding hydrogens is 544 g/mol. The van der Waals surface area contributed by atoms with E-state index in [1.807, 2.05) is 36.4 Å². The molecule has 45 heavy (non-hydrogen) atoms. The van der Waals surface area contributed by atoms with Gasteiger partial charge in [-0.1, -0.05) is 145 Å². The Morgan fingerprint density at radius 2 is 0.956 bits per heavy atom. The minimum absolute atomic E-state index is 0.128. The fourth-order valence-corrected chi connectivity index (χ4v) is 7.37. The Morgan fingerprint density at radius 3 is 1.73 bits per heavy atom. The summed E-state index contributed by atoms with van der Waals surface area (Å²) in [6.45, 7) is 0. The highest BCUT2D eigenvalue weighted by Gasteiger charge is 2.20. The van der Waals surface area contributed by atoms with Gasteiger partial charge in [-0.15, -0.1) is 0 Å². The molecule has 0 unspecified atom stereocenters. The van der Waals surface area contributed by atoms with Gasteiger partial charge in [-0.05, 0) is 83.0 Å². The summed E-state index contributed by atoms with van der Waals surface area (Å²) in [4.78, 5) is 0. The fourth-order valence-electron chi connectivity index (χ4n) is 7.37. The molecule has 1 heterocycles. The third-order valence-electron chi connectivity index (χ3n) is 9.33. The van der Waals surface area contributed by atoms with Gasteiger partial charge in [-0.25, -0.2) is 0 Å². The molecule has 0 saturated heterocycles. The molecule has 0 amide bonds. The number of hydrogen-bond donors (Lipinski definition) is 0. The number of hydrogen-bond acceptors (Lipinski definition) is 1. The van der Waals surface area contributed by atoms with E-state index in [0.717, 1.165) is 32.7 Å². The van der Waals surface area contributed by atoms with Crippen LogP contribution in [-0.2, 0) is 0 Å². The summed E-state index contributed by atoms with van der Waals surface area (Å²) >= 11 is 0. The van der Waals surface area contributed by atoms with E-state index in [-0.39, 0.29) is 29.7 Å². The van der Waals surface area contributed by atoms with Crippen LogP contribution in [0, 0.1) is 0 Å². The monoisotopic (exact) mass is 575 g/mol. The minimum atomic E-state index is -0.418. The molecule has 1 aromatic heterocycles. The van der Waals surface area contributed by atoms with Crippen molar-refractivity contribution < 1.29 is 11.3 Å². The van der Waals surface area contributed by atoms with E-state index in [1.54, 1.807) is 0 Å². The topological polar surface area (TPSA) is 13.1 Å². The molecule has 0 atom stereocenters. The highest BCUT2D eigenvalue weighted by molar-refractivity contribution is 6.29. The standard InChI is InChI=1S/C44H26O/c1-2-9-28(10-3-1)32-25-26-38(43-39-14-6-7-16-40(39)45-44(32)43)35-22-18-30-19-23-36-34(21-17-29-20-24-37(35)42(30)41(29)36)33-15-8-12-27-11-4-5-13-31(27)33/h1-26H/i1D,2D,3D,9D,10D. The van der Waals surface area contributed by atoms with Crippen LogP contribution in [0.1, 0.15) is 6.85 Å². The van der Waals surface area contributed by atoms with Crippen LogP contribution >= 0.6 is 0 Å². The number of benzene rings is 9. The van der Waals surface area contributed by atoms with Crippen LogP contribution in [0.3, 0.4) is 0 Å². The van der Waals surface area contributed by atoms with E-state index in [9.17, 15) is 0 Å². The van der Waals surface area contributed by atoms with Crippen molar-refractivity contribution in [3.05, 3.63) is 158 Å². The average molecular weight is 576 g/mol. The van der Waals surface area contributed by atoms with Gasteiger partial charge < -0.3 is 4.42 Å². The predicted molar refractivity (Wildman–Crippen MR) is 191 cm³/mol. The molecule has 0 aliphatic heterocycles. The molecule has 0 saturated carbocycles. The Hall–Kier alpha value is -5.92. The van der Waals surface area contributed by atoms with E-state index >= 15 is 0 Å². The normalized spacial score (nSPS) is 13.6. The van der Waals surface area contributed by atoms with Gasteiger partial charge in [0.05, 0.1) is 6.85 Å². The van der Waals surface area contributed by atoms with E-state index in [4.69, 9.17) is 11.3 Å². The molecule has 0 fully saturated rings. The first-order valence-corrected chi connectivity index (χ1v) is 15.1. The smallest absolute Gasteiger partial charge is 0.143 e. The Balaban J connectivity index is 1.28. The summed E-state index contributed by atoms with van der Waals surface area (Å²) in [5.41, 5.74) is 6.14. The van der Waals surface area contributed by atoms with Crippen molar-refractivity contribution in [1.29, 1.82) is 0 Å². The van der Waals surface area contributed by atoms with Gasteiger partial charge in [0, 0.05) is 16.3 Å². The molecule has 0 aliphatic rings. The highest BCUT2D eigenvalue weighted by Crippen LogP contribution is 2.47. The second-order valence-electron chi connectivity index (χ2n) is 11.6. The molecule has 1 heteroatoms. The third kappa shape index (κ3) is 3.50. The molecular formula is C44H26O. The van der Waals surface area contributed by atoms with Crippen molar-refractivity contribution in [2.45, 2.75) is 0 Å². The molecule has 10 rings (SSSR count). The molecule has 9 aromatic carbocycles. The van der Waals surface area contributed by atoms with Crippen molar-refractivity contribution >= 4 is 65.0 Å². The number of rotatable bonds is 3. The lowest BCUT2D eigenvalue weighted by Crippen LogP contribution is -1.90. The Morgan fingerprint density at radius 1 is 0.378 bits per heavy atom. The zero-order valence-corrected chi connectivity index (χ0v) is 24.0. The lowest BCUT2D eigenvalue weighted by Gasteiger charge is -2.18. The van der Waals surface area contributed by atoms with Crippen LogP contribution in [0.4, 0.5) is 0 Å². The molecule has 208 valence electrons. The lowest BCUT2D eigenvalue weighted by molar-refractivity contribution is 0.670. The second kappa shape index (κ2) is 9.29. The lowest BCUT2D eigenvalue weighted by atomic mass is 9.85. The van der Waals surface area contributed by atoms with E-state index < -0.39 is 6.04 Å². The van der Waals surface area contributed by atoms with Crippen molar-refractivity contribution in [1.82, 2.24) is 0 Å². The van der Waals surface area contributed by atoms with Gasteiger partial charge >= 0.3 is 0 Å². The van der Waals surface area contributed by atoms with Crippen molar-refractivity contribution in [3.63, 3.8) is 0 Å². The Labute approximate surface area is 266 Å². The first-order valence-electron chi connectivity index (χ1n) is 17.6. The van der Waals surface area contributed by atoms with Crippen molar-refractivity contribution in [2.24, 2.45) is 0 Å². The largest absolute Gasteiger partial charge is 0.455 e. The molecule has 10 aromatic rings. The van der Waals surface area contributed by atoms with Gasteiger partial charge in [-0.2, -0.15) is 0 Å². The molecule has 0 bridgehead atoms. The second-order valence-corrected chi connectivity index (χ2v) is 11.6.